The average Bonchev–Trinajstić information content (AvgIpc) is 3.16. The number of rotatable bonds is 5. The van der Waals surface area contributed by atoms with Gasteiger partial charge in [0.05, 0.1) is 5.60 Å². The average molecular weight is 465 g/mol. The van der Waals surface area contributed by atoms with Crippen LogP contribution in [-0.4, -0.2) is 21.8 Å². The Labute approximate surface area is 206 Å². The molecule has 0 aromatic heterocycles. The molecule has 34 heavy (non-hydrogen) atoms. The van der Waals surface area contributed by atoms with Gasteiger partial charge in [0.1, 0.15) is 0 Å². The van der Waals surface area contributed by atoms with Crippen LogP contribution in [0, 0.1) is 46.3 Å². The quantitative estimate of drug-likeness (QED) is 0.484. The van der Waals surface area contributed by atoms with Gasteiger partial charge in [0.2, 0.25) is 0 Å². The van der Waals surface area contributed by atoms with Crippen molar-refractivity contribution < 1.29 is 15.0 Å². The van der Waals surface area contributed by atoms with Crippen LogP contribution in [0.1, 0.15) is 90.5 Å². The summed E-state index contributed by atoms with van der Waals surface area (Å²) < 4.78 is 0. The maximum Gasteiger partial charge on any atom is 0.303 e. The van der Waals surface area contributed by atoms with Crippen LogP contribution >= 0.6 is 0 Å². The summed E-state index contributed by atoms with van der Waals surface area (Å²) in [5.41, 5.74) is 1.13. The van der Waals surface area contributed by atoms with E-state index in [0.29, 0.717) is 29.1 Å². The number of aliphatic carboxylic acids is 1. The molecule has 3 nitrogen and oxygen atoms in total. The van der Waals surface area contributed by atoms with Crippen molar-refractivity contribution in [3.05, 3.63) is 42.0 Å². The monoisotopic (exact) mass is 464 g/mol. The molecule has 0 saturated heterocycles. The normalized spacial score (nSPS) is 44.8. The van der Waals surface area contributed by atoms with Crippen molar-refractivity contribution in [1.82, 2.24) is 0 Å². The highest BCUT2D eigenvalue weighted by Crippen LogP contribution is 2.68. The van der Waals surface area contributed by atoms with Gasteiger partial charge in [-0.15, -0.1) is 0 Å². The van der Waals surface area contributed by atoms with Crippen LogP contribution in [0.3, 0.4) is 0 Å². The van der Waals surface area contributed by atoms with Gasteiger partial charge < -0.3 is 10.2 Å². The molecule has 3 heteroatoms. The summed E-state index contributed by atoms with van der Waals surface area (Å²) in [4.78, 5) is 11.4. The zero-order valence-electron chi connectivity index (χ0n) is 21.4. The molecule has 0 spiro atoms. The lowest BCUT2D eigenvalue weighted by Crippen LogP contribution is -2.55. The van der Waals surface area contributed by atoms with E-state index in [0.717, 1.165) is 42.6 Å². The predicted octanol–water partition coefficient (Wildman–Crippen LogP) is 7.20. The molecule has 0 radical (unpaired) electrons. The van der Waals surface area contributed by atoms with E-state index in [1.807, 2.05) is 6.07 Å². The zero-order valence-corrected chi connectivity index (χ0v) is 21.4. The molecule has 0 aliphatic heterocycles. The fourth-order valence-corrected chi connectivity index (χ4v) is 9.63. The first-order valence-electron chi connectivity index (χ1n) is 13.8. The lowest BCUT2D eigenvalue weighted by Gasteiger charge is -2.62. The largest absolute Gasteiger partial charge is 0.481 e. The second-order valence-electron chi connectivity index (χ2n) is 13.0. The first kappa shape index (κ1) is 24.1. The van der Waals surface area contributed by atoms with Gasteiger partial charge in [-0.05, 0) is 110 Å². The Hall–Kier alpha value is -1.61. The van der Waals surface area contributed by atoms with Crippen LogP contribution in [-0.2, 0) is 4.79 Å². The summed E-state index contributed by atoms with van der Waals surface area (Å²) in [5.74, 6) is 3.09. The number of aliphatic hydroxyl groups is 1. The van der Waals surface area contributed by atoms with E-state index in [2.05, 4.69) is 57.2 Å². The molecule has 0 unspecified atom stereocenters. The summed E-state index contributed by atoms with van der Waals surface area (Å²) in [7, 11) is 0. The van der Waals surface area contributed by atoms with Crippen molar-refractivity contribution >= 4 is 12.0 Å². The highest BCUT2D eigenvalue weighted by atomic mass is 16.4. The van der Waals surface area contributed by atoms with Crippen LogP contribution in [0.25, 0.3) is 6.08 Å². The molecule has 1 aromatic carbocycles. The van der Waals surface area contributed by atoms with E-state index in [4.69, 9.17) is 0 Å². The summed E-state index contributed by atoms with van der Waals surface area (Å²) in [6.45, 7) is 7.24. The number of benzene rings is 1. The van der Waals surface area contributed by atoms with Gasteiger partial charge in [-0.3, -0.25) is 4.79 Å². The van der Waals surface area contributed by atoms with Crippen LogP contribution in [0.2, 0.25) is 0 Å². The Morgan fingerprint density at radius 1 is 1.00 bits per heavy atom. The third-order valence-corrected chi connectivity index (χ3v) is 11.4. The van der Waals surface area contributed by atoms with Gasteiger partial charge in [-0.25, -0.2) is 0 Å². The van der Waals surface area contributed by atoms with Gasteiger partial charge in [-0.1, -0.05) is 63.3 Å². The fraction of sp³-hybridized carbons (Fsp3) is 0.710. The molecular weight excluding hydrogens is 420 g/mol. The zero-order chi connectivity index (χ0) is 24.1. The predicted molar refractivity (Wildman–Crippen MR) is 137 cm³/mol. The van der Waals surface area contributed by atoms with Crippen molar-refractivity contribution in [3.63, 3.8) is 0 Å². The van der Waals surface area contributed by atoms with Crippen molar-refractivity contribution in [2.75, 3.05) is 0 Å². The van der Waals surface area contributed by atoms with Gasteiger partial charge in [0.25, 0.3) is 0 Å². The SMILES string of the molecule is C[C@H](CC(=O)O)[C@H]1CC[C@H]2[C@@H]3CC[C@@H]4C[C@](O)(/C=C/c5ccccc5)CC[C@]4(C)[C@H]3CC[C@]12C. The van der Waals surface area contributed by atoms with Crippen molar-refractivity contribution in [1.29, 1.82) is 0 Å². The Morgan fingerprint density at radius 2 is 1.74 bits per heavy atom. The summed E-state index contributed by atoms with van der Waals surface area (Å²) >= 11 is 0. The molecule has 0 heterocycles. The van der Waals surface area contributed by atoms with Gasteiger partial charge in [-0.2, -0.15) is 0 Å². The highest BCUT2D eigenvalue weighted by Gasteiger charge is 2.61. The molecule has 186 valence electrons. The Morgan fingerprint density at radius 3 is 2.47 bits per heavy atom. The summed E-state index contributed by atoms with van der Waals surface area (Å²) in [6, 6.07) is 10.3. The standard InChI is InChI=1S/C31H44O3/c1-21(19-28(32)33)25-11-12-26-24-10-9-23-20-31(34,16-13-22-7-5-4-6-8-22)18-17-29(23,2)27(24)14-15-30(25,26)3/h4-8,13,16,21,23-27,34H,9-12,14-15,17-20H2,1-3H3,(H,32,33)/b16-13+/t21-,23-,24+,25-,26+,27+,29+,30-,31+/m1/s1. The lowest BCUT2D eigenvalue weighted by molar-refractivity contribution is -0.145. The number of hydrogen-bond acceptors (Lipinski definition) is 2. The molecule has 1 aromatic rings. The van der Waals surface area contributed by atoms with Crippen LogP contribution in [0.5, 0.6) is 0 Å². The Balaban J connectivity index is 1.31. The smallest absolute Gasteiger partial charge is 0.303 e. The number of hydrogen-bond donors (Lipinski definition) is 2. The minimum atomic E-state index is -0.680. The fourth-order valence-electron chi connectivity index (χ4n) is 9.63. The Bertz CT molecular complexity index is 924. The minimum Gasteiger partial charge on any atom is -0.481 e. The first-order chi connectivity index (χ1) is 16.1. The lowest BCUT2D eigenvalue weighted by atomic mass is 9.43. The molecule has 5 rings (SSSR count). The third-order valence-electron chi connectivity index (χ3n) is 11.4. The third kappa shape index (κ3) is 4.06. The van der Waals surface area contributed by atoms with E-state index in [-0.39, 0.29) is 5.92 Å². The van der Waals surface area contributed by atoms with E-state index >= 15 is 0 Å². The molecule has 0 bridgehead atoms. The van der Waals surface area contributed by atoms with E-state index in [9.17, 15) is 15.0 Å². The summed E-state index contributed by atoms with van der Waals surface area (Å²) in [6.07, 6.45) is 15.0. The minimum absolute atomic E-state index is 0.275. The van der Waals surface area contributed by atoms with Crippen LogP contribution in [0.4, 0.5) is 0 Å². The number of carboxylic acids is 1. The number of carboxylic acid groups (broad SMARTS) is 1. The van der Waals surface area contributed by atoms with Crippen LogP contribution in [0.15, 0.2) is 36.4 Å². The molecule has 9 atom stereocenters. The van der Waals surface area contributed by atoms with Gasteiger partial charge >= 0.3 is 5.97 Å². The van der Waals surface area contributed by atoms with Gasteiger partial charge in [0.15, 0.2) is 0 Å². The van der Waals surface area contributed by atoms with Crippen molar-refractivity contribution in [3.8, 4) is 0 Å². The topological polar surface area (TPSA) is 57.5 Å². The van der Waals surface area contributed by atoms with E-state index in [1.54, 1.807) is 0 Å². The van der Waals surface area contributed by atoms with E-state index in [1.165, 1.54) is 38.5 Å². The molecule has 4 saturated carbocycles. The summed E-state index contributed by atoms with van der Waals surface area (Å²) in [5, 5.41) is 20.9. The number of fused-ring (bicyclic) bond motifs is 5. The molecule has 2 N–H and O–H groups in total. The van der Waals surface area contributed by atoms with Gasteiger partial charge in [0, 0.05) is 6.42 Å². The van der Waals surface area contributed by atoms with Crippen molar-refractivity contribution in [2.24, 2.45) is 46.3 Å². The molecule has 4 aliphatic rings. The second-order valence-corrected chi connectivity index (χ2v) is 13.0. The maximum absolute atomic E-state index is 11.5. The Kier molecular flexibility index (Phi) is 6.24. The molecular formula is C31H44O3. The van der Waals surface area contributed by atoms with Crippen molar-refractivity contribution in [2.45, 2.75) is 90.6 Å². The molecule has 4 aliphatic carbocycles. The van der Waals surface area contributed by atoms with Crippen LogP contribution < -0.4 is 0 Å². The second kappa shape index (κ2) is 8.80. The van der Waals surface area contributed by atoms with E-state index < -0.39 is 11.6 Å². The highest BCUT2D eigenvalue weighted by molar-refractivity contribution is 5.67. The molecule has 4 fully saturated rings. The molecule has 0 amide bonds. The first-order valence-corrected chi connectivity index (χ1v) is 13.8. The maximum atomic E-state index is 11.5. The number of carbonyl (C=O) groups is 1.